The molecule has 0 heterocycles. The average Bonchev–Trinajstić information content (AvgIpc) is 3.28. The van der Waals surface area contributed by atoms with Crippen molar-refractivity contribution in [3.63, 3.8) is 0 Å². The summed E-state index contributed by atoms with van der Waals surface area (Å²) in [5, 5.41) is 0. The summed E-state index contributed by atoms with van der Waals surface area (Å²) in [6.45, 7) is 6.56. The van der Waals surface area contributed by atoms with Crippen LogP contribution in [0.5, 0.6) is 0 Å². The standard InChI is InChI=1S/C57H110O6/c1-4-7-10-13-16-17-18-19-20-21-22-23-24-25-26-27-28-29-30-31-32-33-34-35-36-37-38-39-40-41-42-45-47-50-56(59)62-53-54(63-57(60)51-48-44-15-12-9-6-3)52-61-55(58)49-46-43-14-11-8-5-2/h54H,4-53H2,1-3H3. The molecule has 0 bridgehead atoms. The first kappa shape index (κ1) is 61.4. The van der Waals surface area contributed by atoms with Crippen LogP contribution in [-0.4, -0.2) is 37.2 Å². The van der Waals surface area contributed by atoms with E-state index in [0.29, 0.717) is 19.3 Å². The smallest absolute Gasteiger partial charge is 0.306 e. The highest BCUT2D eigenvalue weighted by atomic mass is 16.6. The number of carbonyl (C=O) groups is 3. The van der Waals surface area contributed by atoms with E-state index in [2.05, 4.69) is 20.8 Å². The van der Waals surface area contributed by atoms with Crippen molar-refractivity contribution >= 4 is 17.9 Å². The fourth-order valence-electron chi connectivity index (χ4n) is 8.80. The van der Waals surface area contributed by atoms with Gasteiger partial charge in [-0.3, -0.25) is 14.4 Å². The van der Waals surface area contributed by atoms with Gasteiger partial charge in [-0.2, -0.15) is 0 Å². The van der Waals surface area contributed by atoms with Gasteiger partial charge in [-0.05, 0) is 19.3 Å². The van der Waals surface area contributed by atoms with Crippen LogP contribution in [0.25, 0.3) is 0 Å². The Morgan fingerprint density at radius 2 is 0.429 bits per heavy atom. The Balaban J connectivity index is 3.70. The predicted molar refractivity (Wildman–Crippen MR) is 270 cm³/mol. The zero-order valence-corrected chi connectivity index (χ0v) is 42.9. The molecule has 63 heavy (non-hydrogen) atoms. The molecule has 0 aromatic rings. The molecule has 0 aliphatic heterocycles. The summed E-state index contributed by atoms with van der Waals surface area (Å²) in [5.41, 5.74) is 0. The molecule has 1 unspecified atom stereocenters. The van der Waals surface area contributed by atoms with Gasteiger partial charge < -0.3 is 14.2 Å². The minimum absolute atomic E-state index is 0.0645. The molecular formula is C57H110O6. The molecule has 0 radical (unpaired) electrons. The molecule has 0 N–H and O–H groups in total. The quantitative estimate of drug-likeness (QED) is 0.0344. The Bertz CT molecular complexity index is 936. The van der Waals surface area contributed by atoms with Gasteiger partial charge >= 0.3 is 17.9 Å². The van der Waals surface area contributed by atoms with Crippen molar-refractivity contribution in [2.24, 2.45) is 0 Å². The van der Waals surface area contributed by atoms with E-state index in [9.17, 15) is 14.4 Å². The summed E-state index contributed by atoms with van der Waals surface area (Å²) in [4.78, 5) is 37.4. The molecule has 0 aromatic heterocycles. The van der Waals surface area contributed by atoms with Crippen LogP contribution in [0, 0.1) is 0 Å². The molecule has 1 atom stereocenters. The second kappa shape index (κ2) is 53.0. The lowest BCUT2D eigenvalue weighted by atomic mass is 10.0. The molecule has 0 aliphatic rings. The van der Waals surface area contributed by atoms with Crippen molar-refractivity contribution in [1.82, 2.24) is 0 Å². The summed E-state index contributed by atoms with van der Waals surface area (Å²) in [6, 6.07) is 0. The van der Waals surface area contributed by atoms with Gasteiger partial charge in [0, 0.05) is 19.3 Å². The third kappa shape index (κ3) is 51.3. The minimum Gasteiger partial charge on any atom is -0.462 e. The van der Waals surface area contributed by atoms with Crippen molar-refractivity contribution in [3.8, 4) is 0 Å². The van der Waals surface area contributed by atoms with Gasteiger partial charge in [0.15, 0.2) is 6.10 Å². The molecule has 6 heteroatoms. The van der Waals surface area contributed by atoms with E-state index in [1.807, 2.05) is 0 Å². The number of hydrogen-bond donors (Lipinski definition) is 0. The molecule has 0 spiro atoms. The summed E-state index contributed by atoms with van der Waals surface area (Å²) >= 11 is 0. The predicted octanol–water partition coefficient (Wildman–Crippen LogP) is 18.8. The highest BCUT2D eigenvalue weighted by Crippen LogP contribution is 2.18. The second-order valence-corrected chi connectivity index (χ2v) is 19.6. The fraction of sp³-hybridized carbons (Fsp3) is 0.947. The third-order valence-electron chi connectivity index (χ3n) is 13.1. The number of carbonyl (C=O) groups excluding carboxylic acids is 3. The summed E-state index contributed by atoms with van der Waals surface area (Å²) in [6.07, 6.45) is 59.1. The van der Waals surface area contributed by atoms with Crippen LogP contribution in [0.4, 0.5) is 0 Å². The van der Waals surface area contributed by atoms with Crippen molar-refractivity contribution in [2.45, 2.75) is 335 Å². The van der Waals surface area contributed by atoms with Crippen LogP contribution in [0.15, 0.2) is 0 Å². The molecule has 6 nitrogen and oxygen atoms in total. The molecule has 0 rings (SSSR count). The van der Waals surface area contributed by atoms with Gasteiger partial charge in [0.1, 0.15) is 13.2 Å². The number of rotatable bonds is 53. The Kier molecular flexibility index (Phi) is 51.7. The van der Waals surface area contributed by atoms with E-state index in [4.69, 9.17) is 14.2 Å². The Hall–Kier alpha value is -1.59. The number of esters is 3. The lowest BCUT2D eigenvalue weighted by molar-refractivity contribution is -0.167. The van der Waals surface area contributed by atoms with Gasteiger partial charge in [-0.1, -0.05) is 290 Å². The van der Waals surface area contributed by atoms with E-state index in [-0.39, 0.29) is 31.1 Å². The van der Waals surface area contributed by atoms with Crippen LogP contribution in [-0.2, 0) is 28.6 Å². The van der Waals surface area contributed by atoms with Crippen LogP contribution in [0.2, 0.25) is 0 Å². The Morgan fingerprint density at radius 3 is 0.635 bits per heavy atom. The summed E-state index contributed by atoms with van der Waals surface area (Å²) in [5.74, 6) is -0.869. The number of hydrogen-bond acceptors (Lipinski definition) is 6. The Morgan fingerprint density at radius 1 is 0.254 bits per heavy atom. The van der Waals surface area contributed by atoms with E-state index >= 15 is 0 Å². The molecular weight excluding hydrogens is 781 g/mol. The first-order chi connectivity index (χ1) is 31.0. The van der Waals surface area contributed by atoms with E-state index in [0.717, 1.165) is 57.8 Å². The van der Waals surface area contributed by atoms with Crippen molar-refractivity contribution in [2.75, 3.05) is 13.2 Å². The van der Waals surface area contributed by atoms with E-state index in [1.54, 1.807) is 0 Å². The van der Waals surface area contributed by atoms with Crippen LogP contribution >= 0.6 is 0 Å². The number of ether oxygens (including phenoxy) is 3. The normalized spacial score (nSPS) is 11.9. The van der Waals surface area contributed by atoms with Crippen LogP contribution in [0.1, 0.15) is 329 Å². The lowest BCUT2D eigenvalue weighted by Gasteiger charge is -2.18. The maximum Gasteiger partial charge on any atom is 0.306 e. The van der Waals surface area contributed by atoms with Gasteiger partial charge in [0.25, 0.3) is 0 Å². The topological polar surface area (TPSA) is 78.9 Å². The van der Waals surface area contributed by atoms with E-state index < -0.39 is 6.10 Å². The summed E-state index contributed by atoms with van der Waals surface area (Å²) in [7, 11) is 0. The average molecular weight is 892 g/mol. The lowest BCUT2D eigenvalue weighted by Crippen LogP contribution is -2.30. The fourth-order valence-corrected chi connectivity index (χ4v) is 8.80. The molecule has 0 amide bonds. The maximum atomic E-state index is 12.6. The van der Waals surface area contributed by atoms with Crippen molar-refractivity contribution < 1.29 is 28.6 Å². The highest BCUT2D eigenvalue weighted by Gasteiger charge is 2.19. The largest absolute Gasteiger partial charge is 0.462 e. The summed E-state index contributed by atoms with van der Waals surface area (Å²) < 4.78 is 16.6. The van der Waals surface area contributed by atoms with Crippen LogP contribution in [0.3, 0.4) is 0 Å². The van der Waals surface area contributed by atoms with Crippen molar-refractivity contribution in [3.05, 3.63) is 0 Å². The molecule has 0 aliphatic carbocycles. The molecule has 374 valence electrons. The Labute approximate surface area is 393 Å². The van der Waals surface area contributed by atoms with Gasteiger partial charge in [0.05, 0.1) is 0 Å². The number of unbranched alkanes of at least 4 members (excludes halogenated alkanes) is 42. The zero-order chi connectivity index (χ0) is 45.8. The maximum absolute atomic E-state index is 12.6. The van der Waals surface area contributed by atoms with Crippen molar-refractivity contribution in [1.29, 1.82) is 0 Å². The van der Waals surface area contributed by atoms with Crippen LogP contribution < -0.4 is 0 Å². The van der Waals surface area contributed by atoms with Gasteiger partial charge in [-0.25, -0.2) is 0 Å². The minimum atomic E-state index is -0.756. The molecule has 0 saturated heterocycles. The third-order valence-corrected chi connectivity index (χ3v) is 13.1. The monoisotopic (exact) mass is 891 g/mol. The second-order valence-electron chi connectivity index (χ2n) is 19.6. The molecule has 0 fully saturated rings. The first-order valence-corrected chi connectivity index (χ1v) is 28.5. The SMILES string of the molecule is CCCCCCCCCCCCCCCCCCCCCCCCCCCCCCCCCCCC(=O)OCC(COC(=O)CCCCCCCC)OC(=O)CCCCCCCC. The molecule has 0 aromatic carbocycles. The van der Waals surface area contributed by atoms with E-state index in [1.165, 1.54) is 231 Å². The van der Waals surface area contributed by atoms with Gasteiger partial charge in [-0.15, -0.1) is 0 Å². The zero-order valence-electron chi connectivity index (χ0n) is 42.9. The highest BCUT2D eigenvalue weighted by molar-refractivity contribution is 5.71. The van der Waals surface area contributed by atoms with Gasteiger partial charge in [0.2, 0.25) is 0 Å². The first-order valence-electron chi connectivity index (χ1n) is 28.5. The molecule has 0 saturated carbocycles.